The lowest BCUT2D eigenvalue weighted by Crippen LogP contribution is -2.38. The number of nitriles is 1. The highest BCUT2D eigenvalue weighted by Crippen LogP contribution is 2.20. The van der Waals surface area contributed by atoms with E-state index in [0.717, 1.165) is 36.3 Å². The molecule has 0 radical (unpaired) electrons. The number of H-pyrrole nitrogens is 1. The molecule has 4 aromatic heterocycles. The molecule has 5 rings (SSSR count). The van der Waals surface area contributed by atoms with E-state index in [1.54, 1.807) is 53.7 Å². The van der Waals surface area contributed by atoms with Crippen LogP contribution in [-0.2, 0) is 11.2 Å². The minimum Gasteiger partial charge on any atom is -0.348 e. The van der Waals surface area contributed by atoms with E-state index in [1.807, 2.05) is 11.1 Å². The second-order valence-corrected chi connectivity index (χ2v) is 7.79. The summed E-state index contributed by atoms with van der Waals surface area (Å²) in [5.41, 5.74) is 3.90. The van der Waals surface area contributed by atoms with Gasteiger partial charge in [-0.25, -0.2) is 19.9 Å². The Hall–Kier alpha value is -4.52. The molecule has 0 bridgehead atoms. The van der Waals surface area contributed by atoms with Crippen LogP contribution in [0.25, 0.3) is 17.2 Å². The number of rotatable bonds is 5. The molecule has 2 N–H and O–H groups in total. The van der Waals surface area contributed by atoms with Crippen molar-refractivity contribution in [2.45, 2.75) is 19.3 Å². The highest BCUT2D eigenvalue weighted by atomic mass is 16.2. The average Bonchev–Trinajstić information content (AvgIpc) is 3.52. The minimum atomic E-state index is 0.0820. The first-order valence-electron chi connectivity index (χ1n) is 10.6. The number of amides is 1. The van der Waals surface area contributed by atoms with Gasteiger partial charge < -0.3 is 15.2 Å². The Morgan fingerprint density at radius 1 is 1.27 bits per heavy atom. The molecule has 1 fully saturated rings. The largest absolute Gasteiger partial charge is 0.348 e. The first kappa shape index (κ1) is 20.4. The van der Waals surface area contributed by atoms with Gasteiger partial charge in [-0.1, -0.05) is 0 Å². The van der Waals surface area contributed by atoms with Crippen molar-refractivity contribution in [2.24, 2.45) is 0 Å². The van der Waals surface area contributed by atoms with Gasteiger partial charge in [0, 0.05) is 43.6 Å². The molecule has 0 unspecified atom stereocenters. The molecule has 5 heterocycles. The van der Waals surface area contributed by atoms with Crippen LogP contribution in [0.15, 0.2) is 61.1 Å². The van der Waals surface area contributed by atoms with Crippen LogP contribution in [0.1, 0.15) is 24.1 Å². The third-order valence-electron chi connectivity index (χ3n) is 5.51. The van der Waals surface area contributed by atoms with Crippen molar-refractivity contribution in [3.05, 3.63) is 72.3 Å². The third-order valence-corrected chi connectivity index (χ3v) is 5.51. The van der Waals surface area contributed by atoms with Gasteiger partial charge in [-0.2, -0.15) is 5.26 Å². The number of carbonyl (C=O) groups excluding carboxylic acids is 1. The molecule has 10 heteroatoms. The van der Waals surface area contributed by atoms with Crippen molar-refractivity contribution >= 4 is 17.4 Å². The molecule has 4 aromatic rings. The molecule has 0 atom stereocenters. The Labute approximate surface area is 189 Å². The number of nitrogens with one attached hydrogen (secondary N) is 2. The van der Waals surface area contributed by atoms with Crippen molar-refractivity contribution in [2.75, 3.05) is 18.4 Å². The van der Waals surface area contributed by atoms with Crippen LogP contribution < -0.4 is 5.32 Å². The molecule has 1 aliphatic rings. The maximum atomic E-state index is 12.6. The molecule has 1 aliphatic heterocycles. The summed E-state index contributed by atoms with van der Waals surface area (Å²) in [5.74, 6) is 1.22. The molecule has 164 valence electrons. The number of likely N-dealkylation sites (tertiary alicyclic amines) is 1. The normalized spacial score (nSPS) is 15.0. The van der Waals surface area contributed by atoms with Gasteiger partial charge in [-0.15, -0.1) is 0 Å². The van der Waals surface area contributed by atoms with E-state index in [4.69, 9.17) is 0 Å². The van der Waals surface area contributed by atoms with Crippen molar-refractivity contribution in [1.29, 1.82) is 5.26 Å². The lowest BCUT2D eigenvalue weighted by atomic mass is 10.1. The van der Waals surface area contributed by atoms with Crippen LogP contribution in [-0.4, -0.2) is 53.2 Å². The number of carbonyl (C=O) groups is 1. The summed E-state index contributed by atoms with van der Waals surface area (Å²) in [6.07, 6.45) is 12.4. The number of aromatic amines is 1. The van der Waals surface area contributed by atoms with Crippen molar-refractivity contribution < 1.29 is 4.79 Å². The molecule has 10 nitrogen and oxygen atoms in total. The fourth-order valence-electron chi connectivity index (χ4n) is 3.84. The zero-order valence-electron chi connectivity index (χ0n) is 17.8. The van der Waals surface area contributed by atoms with E-state index >= 15 is 0 Å². The summed E-state index contributed by atoms with van der Waals surface area (Å²) in [4.78, 5) is 34.8. The standard InChI is InChI=1S/C23H21N9O/c24-9-16-3-4-21-28-12-19(32(21)14-16)23-26-6-5-20(30-23)27-10-17-2-1-7-31(13-17)22(33)8-18-11-25-15-29-18/h3-6,10-12,14-15H,1-2,7-8,13H2,(H,25,29)(H,26,27,30). The van der Waals surface area contributed by atoms with Crippen molar-refractivity contribution in [3.8, 4) is 17.6 Å². The summed E-state index contributed by atoms with van der Waals surface area (Å²) in [5, 5.41) is 12.4. The summed E-state index contributed by atoms with van der Waals surface area (Å²) in [7, 11) is 0. The summed E-state index contributed by atoms with van der Waals surface area (Å²) in [6.45, 7) is 1.34. The van der Waals surface area contributed by atoms with Gasteiger partial charge in [0.15, 0.2) is 5.82 Å². The lowest BCUT2D eigenvalue weighted by molar-refractivity contribution is -0.130. The van der Waals surface area contributed by atoms with Crippen LogP contribution in [0.3, 0.4) is 0 Å². The molecule has 0 saturated carbocycles. The van der Waals surface area contributed by atoms with Gasteiger partial charge in [-0.05, 0) is 36.6 Å². The molecule has 1 amide bonds. The summed E-state index contributed by atoms with van der Waals surface area (Å²) >= 11 is 0. The van der Waals surface area contributed by atoms with Gasteiger partial charge >= 0.3 is 0 Å². The highest BCUT2D eigenvalue weighted by Gasteiger charge is 2.20. The minimum absolute atomic E-state index is 0.0820. The van der Waals surface area contributed by atoms with Crippen LogP contribution in [0.4, 0.5) is 5.82 Å². The maximum absolute atomic E-state index is 12.6. The average molecular weight is 439 g/mol. The number of hydrogen-bond acceptors (Lipinski definition) is 7. The number of fused-ring (bicyclic) bond motifs is 1. The van der Waals surface area contributed by atoms with Crippen molar-refractivity contribution in [3.63, 3.8) is 0 Å². The molecular weight excluding hydrogens is 418 g/mol. The first-order chi connectivity index (χ1) is 16.2. The Kier molecular flexibility index (Phi) is 5.51. The topological polar surface area (TPSA) is 128 Å². The molecule has 0 aromatic carbocycles. The fourth-order valence-corrected chi connectivity index (χ4v) is 3.84. The smallest absolute Gasteiger partial charge is 0.228 e. The molecular formula is C23H21N9O. The number of nitrogens with zero attached hydrogens (tertiary/aromatic N) is 7. The molecule has 33 heavy (non-hydrogen) atoms. The van der Waals surface area contributed by atoms with Crippen LogP contribution >= 0.6 is 0 Å². The molecule has 0 spiro atoms. The predicted octanol–water partition coefficient (Wildman–Crippen LogP) is 2.55. The Morgan fingerprint density at radius 2 is 2.21 bits per heavy atom. The summed E-state index contributed by atoms with van der Waals surface area (Å²) < 4.78 is 1.81. The van der Waals surface area contributed by atoms with Crippen LogP contribution in [0.5, 0.6) is 0 Å². The highest BCUT2D eigenvalue weighted by molar-refractivity contribution is 5.78. The maximum Gasteiger partial charge on any atom is 0.228 e. The monoisotopic (exact) mass is 439 g/mol. The predicted molar refractivity (Wildman–Crippen MR) is 121 cm³/mol. The van der Waals surface area contributed by atoms with Gasteiger partial charge in [0.25, 0.3) is 0 Å². The number of hydrogen-bond donors (Lipinski definition) is 2. The van der Waals surface area contributed by atoms with E-state index in [-0.39, 0.29) is 5.91 Å². The second kappa shape index (κ2) is 8.92. The second-order valence-electron chi connectivity index (χ2n) is 7.79. The zero-order chi connectivity index (χ0) is 22.6. The van der Waals surface area contributed by atoms with Gasteiger partial charge in [-0.3, -0.25) is 9.20 Å². The Bertz CT molecular complexity index is 1360. The third kappa shape index (κ3) is 4.43. The lowest BCUT2D eigenvalue weighted by Gasteiger charge is -2.28. The van der Waals surface area contributed by atoms with E-state index in [9.17, 15) is 10.1 Å². The van der Waals surface area contributed by atoms with Gasteiger partial charge in [0.05, 0.1) is 24.5 Å². The van der Waals surface area contributed by atoms with Crippen LogP contribution in [0, 0.1) is 11.3 Å². The summed E-state index contributed by atoms with van der Waals surface area (Å²) in [6, 6.07) is 7.44. The van der Waals surface area contributed by atoms with E-state index in [2.05, 4.69) is 36.3 Å². The van der Waals surface area contributed by atoms with Crippen molar-refractivity contribution in [1.82, 2.24) is 34.2 Å². The number of pyridine rings is 1. The zero-order valence-corrected chi connectivity index (χ0v) is 17.8. The first-order valence-corrected chi connectivity index (χ1v) is 10.6. The van der Waals surface area contributed by atoms with E-state index < -0.39 is 0 Å². The van der Waals surface area contributed by atoms with Gasteiger partial charge in [0.2, 0.25) is 5.91 Å². The number of anilines is 1. The quantitative estimate of drug-likeness (QED) is 0.489. The van der Waals surface area contributed by atoms with E-state index in [0.29, 0.717) is 35.9 Å². The molecule has 0 aliphatic carbocycles. The molecule has 1 saturated heterocycles. The fraction of sp³-hybridized carbons (Fsp3) is 0.217. The van der Waals surface area contributed by atoms with E-state index in [1.165, 1.54) is 0 Å². The van der Waals surface area contributed by atoms with Gasteiger partial charge in [0.1, 0.15) is 23.2 Å². The SMILES string of the molecule is N#Cc1ccc2ncc(-c3nccc(NC=C4CCCN(C(=O)Cc5cnc[nH]5)C4)n3)n2c1. The number of imidazole rings is 2. The Morgan fingerprint density at radius 3 is 3.06 bits per heavy atom. The Balaban J connectivity index is 1.30. The number of piperidine rings is 1. The number of aromatic nitrogens is 6. The van der Waals surface area contributed by atoms with Crippen LogP contribution in [0.2, 0.25) is 0 Å².